The topological polar surface area (TPSA) is 4.93 Å². The SMILES string of the molecule is CCC(C)(C)n1ccc2c(Cl)cccc21. The summed E-state index contributed by atoms with van der Waals surface area (Å²) in [5, 5.41) is 1.97. The molecule has 0 unspecified atom stereocenters. The van der Waals surface area contributed by atoms with Gasteiger partial charge in [0.2, 0.25) is 0 Å². The van der Waals surface area contributed by atoms with Crippen LogP contribution in [-0.4, -0.2) is 4.57 Å². The summed E-state index contributed by atoms with van der Waals surface area (Å²) in [6, 6.07) is 8.16. The average Bonchev–Trinajstić information content (AvgIpc) is 2.63. The first-order chi connectivity index (χ1) is 7.06. The summed E-state index contributed by atoms with van der Waals surface area (Å²) in [6.45, 7) is 6.69. The lowest BCUT2D eigenvalue weighted by molar-refractivity contribution is 0.354. The van der Waals surface area contributed by atoms with Crippen molar-refractivity contribution in [3.05, 3.63) is 35.5 Å². The van der Waals surface area contributed by atoms with Gasteiger partial charge < -0.3 is 4.57 Å². The molecule has 0 aliphatic carbocycles. The van der Waals surface area contributed by atoms with Crippen molar-refractivity contribution >= 4 is 22.5 Å². The number of benzene rings is 1. The largest absolute Gasteiger partial charge is 0.342 e. The summed E-state index contributed by atoms with van der Waals surface area (Å²) in [7, 11) is 0. The van der Waals surface area contributed by atoms with Gasteiger partial charge in [-0.2, -0.15) is 0 Å². The average molecular weight is 222 g/mol. The highest BCUT2D eigenvalue weighted by molar-refractivity contribution is 6.35. The van der Waals surface area contributed by atoms with Crippen LogP contribution in [0.1, 0.15) is 27.2 Å². The molecule has 2 aromatic rings. The first-order valence-electron chi connectivity index (χ1n) is 5.32. The third-order valence-electron chi connectivity index (χ3n) is 3.20. The number of hydrogen-bond donors (Lipinski definition) is 0. The van der Waals surface area contributed by atoms with Gasteiger partial charge in [0, 0.05) is 27.7 Å². The molecule has 2 heteroatoms. The number of halogens is 1. The summed E-state index contributed by atoms with van der Waals surface area (Å²) in [6.07, 6.45) is 3.23. The second-order valence-corrected chi connectivity index (χ2v) is 4.93. The van der Waals surface area contributed by atoms with E-state index in [-0.39, 0.29) is 5.54 Å². The Morgan fingerprint density at radius 1 is 1.27 bits per heavy atom. The van der Waals surface area contributed by atoms with E-state index in [1.807, 2.05) is 12.1 Å². The highest BCUT2D eigenvalue weighted by Crippen LogP contribution is 2.30. The second kappa shape index (κ2) is 3.57. The van der Waals surface area contributed by atoms with Crippen LogP contribution in [0.25, 0.3) is 10.9 Å². The summed E-state index contributed by atoms with van der Waals surface area (Å²) in [5.41, 5.74) is 1.36. The Bertz CT molecular complexity index is 482. The summed E-state index contributed by atoms with van der Waals surface area (Å²) < 4.78 is 2.30. The predicted molar refractivity (Wildman–Crippen MR) is 66.6 cm³/mol. The van der Waals surface area contributed by atoms with E-state index in [0.29, 0.717) is 0 Å². The Balaban J connectivity index is 2.69. The monoisotopic (exact) mass is 221 g/mol. The minimum absolute atomic E-state index is 0.145. The minimum Gasteiger partial charge on any atom is -0.342 e. The zero-order valence-corrected chi connectivity index (χ0v) is 10.2. The molecule has 0 amide bonds. The van der Waals surface area contributed by atoms with Gasteiger partial charge in [-0.25, -0.2) is 0 Å². The maximum absolute atomic E-state index is 6.15. The standard InChI is InChI=1S/C13H16ClN/c1-4-13(2,3)15-9-8-10-11(14)6-5-7-12(10)15/h5-9H,4H2,1-3H3. The van der Waals surface area contributed by atoms with E-state index in [2.05, 4.69) is 43.7 Å². The van der Waals surface area contributed by atoms with Crippen molar-refractivity contribution in [2.45, 2.75) is 32.7 Å². The summed E-state index contributed by atoms with van der Waals surface area (Å²) in [5.74, 6) is 0. The van der Waals surface area contributed by atoms with E-state index in [0.717, 1.165) is 16.8 Å². The quantitative estimate of drug-likeness (QED) is 0.707. The molecule has 0 saturated carbocycles. The molecule has 0 saturated heterocycles. The maximum atomic E-state index is 6.15. The Hall–Kier alpha value is -0.950. The molecular weight excluding hydrogens is 206 g/mol. The zero-order chi connectivity index (χ0) is 11.1. The van der Waals surface area contributed by atoms with E-state index in [9.17, 15) is 0 Å². The second-order valence-electron chi connectivity index (χ2n) is 4.52. The molecule has 0 aliphatic heterocycles. The van der Waals surface area contributed by atoms with Crippen LogP contribution >= 0.6 is 11.6 Å². The van der Waals surface area contributed by atoms with Crippen LogP contribution in [-0.2, 0) is 5.54 Å². The highest BCUT2D eigenvalue weighted by Gasteiger charge is 2.19. The van der Waals surface area contributed by atoms with Gasteiger partial charge in [0.25, 0.3) is 0 Å². The van der Waals surface area contributed by atoms with E-state index >= 15 is 0 Å². The molecule has 0 fully saturated rings. The normalized spacial score (nSPS) is 12.3. The number of aromatic nitrogens is 1. The third-order valence-corrected chi connectivity index (χ3v) is 3.53. The van der Waals surface area contributed by atoms with Gasteiger partial charge in [-0.15, -0.1) is 0 Å². The summed E-state index contributed by atoms with van der Waals surface area (Å²) >= 11 is 6.15. The first-order valence-corrected chi connectivity index (χ1v) is 5.70. The Kier molecular flexibility index (Phi) is 2.51. The van der Waals surface area contributed by atoms with Crippen molar-refractivity contribution in [1.29, 1.82) is 0 Å². The molecule has 0 bridgehead atoms. The third kappa shape index (κ3) is 1.65. The van der Waals surface area contributed by atoms with Crippen molar-refractivity contribution in [3.8, 4) is 0 Å². The molecule has 2 rings (SSSR count). The molecule has 0 N–H and O–H groups in total. The fourth-order valence-corrected chi connectivity index (χ4v) is 2.06. The minimum atomic E-state index is 0.145. The molecule has 1 heterocycles. The number of fused-ring (bicyclic) bond motifs is 1. The van der Waals surface area contributed by atoms with Crippen molar-refractivity contribution < 1.29 is 0 Å². The van der Waals surface area contributed by atoms with Gasteiger partial charge >= 0.3 is 0 Å². The Morgan fingerprint density at radius 2 is 2.00 bits per heavy atom. The van der Waals surface area contributed by atoms with Crippen molar-refractivity contribution in [3.63, 3.8) is 0 Å². The van der Waals surface area contributed by atoms with Gasteiger partial charge in [0.05, 0.1) is 0 Å². The zero-order valence-electron chi connectivity index (χ0n) is 9.42. The van der Waals surface area contributed by atoms with E-state index in [1.54, 1.807) is 0 Å². The van der Waals surface area contributed by atoms with Crippen LogP contribution in [0.15, 0.2) is 30.5 Å². The number of rotatable bonds is 2. The van der Waals surface area contributed by atoms with Crippen LogP contribution in [0, 0.1) is 0 Å². The Morgan fingerprint density at radius 3 is 2.67 bits per heavy atom. The molecule has 1 nitrogen and oxygen atoms in total. The van der Waals surface area contributed by atoms with Crippen molar-refractivity contribution in [2.75, 3.05) is 0 Å². The van der Waals surface area contributed by atoms with Gasteiger partial charge in [-0.1, -0.05) is 24.6 Å². The van der Waals surface area contributed by atoms with Gasteiger partial charge in [-0.05, 0) is 38.5 Å². The lowest BCUT2D eigenvalue weighted by Crippen LogP contribution is -2.23. The lowest BCUT2D eigenvalue weighted by Gasteiger charge is -2.26. The lowest BCUT2D eigenvalue weighted by atomic mass is 10.0. The molecule has 80 valence electrons. The van der Waals surface area contributed by atoms with E-state index in [1.165, 1.54) is 5.52 Å². The van der Waals surface area contributed by atoms with Crippen LogP contribution < -0.4 is 0 Å². The molecule has 0 spiro atoms. The number of nitrogens with zero attached hydrogens (tertiary/aromatic N) is 1. The van der Waals surface area contributed by atoms with Gasteiger partial charge in [0.15, 0.2) is 0 Å². The molecule has 0 radical (unpaired) electrons. The van der Waals surface area contributed by atoms with Gasteiger partial charge in [-0.3, -0.25) is 0 Å². The molecule has 1 aromatic heterocycles. The van der Waals surface area contributed by atoms with Crippen LogP contribution in [0.4, 0.5) is 0 Å². The Labute approximate surface area is 95.7 Å². The van der Waals surface area contributed by atoms with Gasteiger partial charge in [0.1, 0.15) is 0 Å². The fourth-order valence-electron chi connectivity index (χ4n) is 1.83. The van der Waals surface area contributed by atoms with Crippen LogP contribution in [0.3, 0.4) is 0 Å². The molecule has 0 atom stereocenters. The maximum Gasteiger partial charge on any atom is 0.0500 e. The first kappa shape index (κ1) is 10.6. The van der Waals surface area contributed by atoms with Crippen LogP contribution in [0.5, 0.6) is 0 Å². The smallest absolute Gasteiger partial charge is 0.0500 e. The van der Waals surface area contributed by atoms with Crippen molar-refractivity contribution in [1.82, 2.24) is 4.57 Å². The summed E-state index contributed by atoms with van der Waals surface area (Å²) in [4.78, 5) is 0. The van der Waals surface area contributed by atoms with Crippen LogP contribution in [0.2, 0.25) is 5.02 Å². The highest BCUT2D eigenvalue weighted by atomic mass is 35.5. The molecule has 0 aliphatic rings. The molecule has 1 aromatic carbocycles. The van der Waals surface area contributed by atoms with E-state index < -0.39 is 0 Å². The fraction of sp³-hybridized carbons (Fsp3) is 0.385. The number of hydrogen-bond acceptors (Lipinski definition) is 0. The van der Waals surface area contributed by atoms with Crippen molar-refractivity contribution in [2.24, 2.45) is 0 Å². The predicted octanol–water partition coefficient (Wildman–Crippen LogP) is 4.44. The molecule has 15 heavy (non-hydrogen) atoms. The molecular formula is C13H16ClN. The van der Waals surface area contributed by atoms with E-state index in [4.69, 9.17) is 11.6 Å².